The number of benzene rings is 1. The van der Waals surface area contributed by atoms with Gasteiger partial charge in [0.2, 0.25) is 5.95 Å². The first kappa shape index (κ1) is 23.7. The quantitative estimate of drug-likeness (QED) is 0.331. The number of fused-ring (bicyclic) bond motifs is 1. The van der Waals surface area contributed by atoms with Gasteiger partial charge >= 0.3 is 0 Å². The lowest BCUT2D eigenvalue weighted by Crippen LogP contribution is -2.43. The monoisotopic (exact) mass is 516 g/mol. The fourth-order valence-electron chi connectivity index (χ4n) is 5.22. The Hall–Kier alpha value is -3.69. The molecule has 9 nitrogen and oxygen atoms in total. The van der Waals surface area contributed by atoms with Crippen LogP contribution in [0.3, 0.4) is 0 Å². The number of hydrogen-bond acceptors (Lipinski definition) is 7. The topological polar surface area (TPSA) is 100 Å². The predicted octanol–water partition coefficient (Wildman–Crippen LogP) is 5.00. The number of pyridine rings is 1. The minimum absolute atomic E-state index is 0.188. The van der Waals surface area contributed by atoms with E-state index in [1.54, 1.807) is 18.3 Å². The van der Waals surface area contributed by atoms with E-state index in [-0.39, 0.29) is 11.9 Å². The van der Waals surface area contributed by atoms with Gasteiger partial charge in [-0.05, 0) is 49.2 Å². The number of aromatic nitrogens is 4. The number of rotatable bonds is 6. The number of nitrogens with one attached hydrogen (secondary N) is 3. The van der Waals surface area contributed by atoms with Crippen molar-refractivity contribution >= 4 is 51.7 Å². The number of piperazine rings is 1. The summed E-state index contributed by atoms with van der Waals surface area (Å²) in [7, 11) is 0. The molecule has 2 fully saturated rings. The molecular formula is C27H29ClN8O. The van der Waals surface area contributed by atoms with Crippen molar-refractivity contribution in [2.75, 3.05) is 41.7 Å². The van der Waals surface area contributed by atoms with E-state index in [0.29, 0.717) is 28.2 Å². The first-order valence-corrected chi connectivity index (χ1v) is 13.2. The van der Waals surface area contributed by atoms with Crippen LogP contribution < -0.4 is 20.9 Å². The van der Waals surface area contributed by atoms with Crippen LogP contribution in [0.15, 0.2) is 54.9 Å². The lowest BCUT2D eigenvalue weighted by Gasteiger charge is -2.29. The highest BCUT2D eigenvalue weighted by atomic mass is 35.5. The average molecular weight is 517 g/mol. The van der Waals surface area contributed by atoms with Gasteiger partial charge in [-0.15, -0.1) is 0 Å². The van der Waals surface area contributed by atoms with Crippen molar-refractivity contribution in [2.24, 2.45) is 0 Å². The lowest BCUT2D eigenvalue weighted by molar-refractivity contribution is 0.101. The van der Waals surface area contributed by atoms with Crippen LogP contribution in [-0.2, 0) is 0 Å². The summed E-state index contributed by atoms with van der Waals surface area (Å²) in [5.74, 6) is 0.942. The molecule has 1 saturated heterocycles. The molecule has 1 saturated carbocycles. The number of anilines is 4. The second-order valence-electron chi connectivity index (χ2n) is 9.54. The summed E-state index contributed by atoms with van der Waals surface area (Å²) in [5, 5.41) is 11.0. The van der Waals surface area contributed by atoms with Crippen LogP contribution in [0.4, 0.5) is 23.1 Å². The molecule has 0 spiro atoms. The Morgan fingerprint density at radius 3 is 2.62 bits per heavy atom. The smallest absolute Gasteiger partial charge is 0.272 e. The van der Waals surface area contributed by atoms with Gasteiger partial charge < -0.3 is 25.4 Å². The highest BCUT2D eigenvalue weighted by Crippen LogP contribution is 2.35. The molecule has 3 aromatic heterocycles. The average Bonchev–Trinajstić information content (AvgIpc) is 3.57. The molecule has 4 heterocycles. The van der Waals surface area contributed by atoms with E-state index in [9.17, 15) is 4.79 Å². The van der Waals surface area contributed by atoms with E-state index in [1.165, 1.54) is 0 Å². The third-order valence-corrected chi connectivity index (χ3v) is 7.29. The Labute approximate surface area is 220 Å². The van der Waals surface area contributed by atoms with Crippen molar-refractivity contribution in [1.82, 2.24) is 24.8 Å². The summed E-state index contributed by atoms with van der Waals surface area (Å²) in [4.78, 5) is 29.6. The summed E-state index contributed by atoms with van der Waals surface area (Å²) in [6.45, 7) is 3.90. The van der Waals surface area contributed by atoms with Crippen molar-refractivity contribution < 1.29 is 4.79 Å². The first-order valence-electron chi connectivity index (χ1n) is 12.8. The molecule has 1 amide bonds. The number of hydrogen-bond donors (Lipinski definition) is 3. The second-order valence-corrected chi connectivity index (χ2v) is 9.98. The number of halogens is 1. The van der Waals surface area contributed by atoms with E-state index in [1.807, 2.05) is 30.5 Å². The second kappa shape index (κ2) is 10.4. The van der Waals surface area contributed by atoms with Gasteiger partial charge in [-0.3, -0.25) is 4.79 Å². The van der Waals surface area contributed by atoms with Gasteiger partial charge in [0, 0.05) is 54.5 Å². The molecular weight excluding hydrogens is 488 g/mol. The summed E-state index contributed by atoms with van der Waals surface area (Å²) in [6.07, 6.45) is 7.96. The molecule has 0 atom stereocenters. The number of amides is 1. The number of carbonyl (C=O) groups is 1. The normalized spacial score (nSPS) is 16.3. The van der Waals surface area contributed by atoms with Gasteiger partial charge in [0.05, 0.1) is 11.9 Å². The van der Waals surface area contributed by atoms with Gasteiger partial charge in [-0.2, -0.15) is 4.98 Å². The molecule has 0 unspecified atom stereocenters. The van der Waals surface area contributed by atoms with Crippen LogP contribution in [0.1, 0.15) is 42.2 Å². The number of nitrogens with zero attached hydrogens (tertiary/aromatic N) is 5. The summed E-state index contributed by atoms with van der Waals surface area (Å²) in [6, 6.07) is 13.3. The van der Waals surface area contributed by atoms with Gasteiger partial charge in [0.25, 0.3) is 5.91 Å². The summed E-state index contributed by atoms with van der Waals surface area (Å²) >= 11 is 6.11. The third kappa shape index (κ3) is 5.10. The third-order valence-electron chi connectivity index (χ3n) is 7.05. The molecule has 37 heavy (non-hydrogen) atoms. The Morgan fingerprint density at radius 1 is 1.03 bits per heavy atom. The van der Waals surface area contributed by atoms with Crippen molar-refractivity contribution in [2.45, 2.75) is 31.7 Å². The zero-order valence-electron chi connectivity index (χ0n) is 20.5. The largest absolute Gasteiger partial charge is 0.368 e. The standard InChI is InChI=1S/C27H29ClN8O/c28-19-4-3-5-20(15-19)32-26(37)23-14-18-16-31-27(34-25(18)36(23)21-6-1-2-7-21)33-24-9-8-22(17-30-24)35-12-10-29-11-13-35/h3-5,8-9,14-17,21,29H,1-2,6-7,10-13H2,(H,32,37)(H,30,31,33,34). The fourth-order valence-corrected chi connectivity index (χ4v) is 5.41. The van der Waals surface area contributed by atoms with E-state index in [4.69, 9.17) is 16.6 Å². The molecule has 0 bridgehead atoms. The van der Waals surface area contributed by atoms with Crippen LogP contribution in [-0.4, -0.2) is 51.6 Å². The van der Waals surface area contributed by atoms with E-state index in [0.717, 1.165) is 68.6 Å². The minimum atomic E-state index is -0.188. The van der Waals surface area contributed by atoms with Crippen molar-refractivity contribution in [3.05, 3.63) is 65.6 Å². The first-order chi connectivity index (χ1) is 18.1. The molecule has 190 valence electrons. The van der Waals surface area contributed by atoms with Crippen molar-refractivity contribution in [1.29, 1.82) is 0 Å². The Balaban J connectivity index is 1.28. The van der Waals surface area contributed by atoms with Gasteiger partial charge in [-0.1, -0.05) is 30.5 Å². The maximum Gasteiger partial charge on any atom is 0.272 e. The number of carbonyl (C=O) groups excluding carboxylic acids is 1. The highest BCUT2D eigenvalue weighted by molar-refractivity contribution is 6.31. The maximum atomic E-state index is 13.4. The Bertz CT molecular complexity index is 1410. The van der Waals surface area contributed by atoms with Crippen LogP contribution in [0, 0.1) is 0 Å². The molecule has 1 aliphatic heterocycles. The zero-order valence-corrected chi connectivity index (χ0v) is 21.2. The fraction of sp³-hybridized carbons (Fsp3) is 0.333. The molecule has 1 aromatic carbocycles. The Kier molecular flexibility index (Phi) is 6.63. The van der Waals surface area contributed by atoms with Crippen molar-refractivity contribution in [3.63, 3.8) is 0 Å². The maximum absolute atomic E-state index is 13.4. The van der Waals surface area contributed by atoms with Crippen LogP contribution in [0.2, 0.25) is 5.02 Å². The van der Waals surface area contributed by atoms with Crippen LogP contribution >= 0.6 is 11.6 Å². The van der Waals surface area contributed by atoms with Gasteiger partial charge in [0.15, 0.2) is 0 Å². The molecule has 4 aromatic rings. The highest BCUT2D eigenvalue weighted by Gasteiger charge is 2.26. The van der Waals surface area contributed by atoms with Gasteiger partial charge in [0.1, 0.15) is 17.2 Å². The SMILES string of the molecule is O=C(Nc1cccc(Cl)c1)c1cc2cnc(Nc3ccc(N4CCNCC4)cn3)nc2n1C1CCCC1. The Morgan fingerprint density at radius 2 is 1.86 bits per heavy atom. The molecule has 6 rings (SSSR count). The van der Waals surface area contributed by atoms with E-state index >= 15 is 0 Å². The van der Waals surface area contributed by atoms with Crippen molar-refractivity contribution in [3.8, 4) is 0 Å². The molecule has 2 aliphatic rings. The molecule has 1 aliphatic carbocycles. The molecule has 10 heteroatoms. The van der Waals surface area contributed by atoms with Crippen LogP contribution in [0.5, 0.6) is 0 Å². The van der Waals surface area contributed by atoms with E-state index in [2.05, 4.69) is 41.5 Å². The minimum Gasteiger partial charge on any atom is -0.368 e. The van der Waals surface area contributed by atoms with Gasteiger partial charge in [-0.25, -0.2) is 9.97 Å². The summed E-state index contributed by atoms with van der Waals surface area (Å²) in [5.41, 5.74) is 3.09. The molecule has 3 N–H and O–H groups in total. The summed E-state index contributed by atoms with van der Waals surface area (Å²) < 4.78 is 2.08. The molecule has 0 radical (unpaired) electrons. The zero-order chi connectivity index (χ0) is 25.2. The predicted molar refractivity (Wildman–Crippen MR) is 147 cm³/mol. The lowest BCUT2D eigenvalue weighted by atomic mass is 10.2. The van der Waals surface area contributed by atoms with E-state index < -0.39 is 0 Å². The van der Waals surface area contributed by atoms with Crippen LogP contribution in [0.25, 0.3) is 11.0 Å².